The Balaban J connectivity index is 1.66. The number of ether oxygens (including phenoxy) is 1. The predicted molar refractivity (Wildman–Crippen MR) is 86.9 cm³/mol. The number of carbonyl (C=O) groups excluding carboxylic acids is 2. The molecule has 140 valence electrons. The number of benzene rings is 1. The summed E-state index contributed by atoms with van der Waals surface area (Å²) >= 11 is 0. The minimum Gasteiger partial charge on any atom is -0.442 e. The highest BCUT2D eigenvalue weighted by molar-refractivity contribution is 5.90. The molecule has 0 spiro atoms. The molecule has 2 aliphatic heterocycles. The number of halogens is 3. The van der Waals surface area contributed by atoms with Crippen LogP contribution in [0.5, 0.6) is 0 Å². The number of hydrogen-bond donors (Lipinski definition) is 2. The molecule has 2 amide bonds. The highest BCUT2D eigenvalue weighted by Gasteiger charge is 2.33. The summed E-state index contributed by atoms with van der Waals surface area (Å²) in [5.74, 6) is -1.98. The molecular weight excluding hydrogens is 355 g/mol. The van der Waals surface area contributed by atoms with Crippen LogP contribution < -0.4 is 20.5 Å². The van der Waals surface area contributed by atoms with Crippen LogP contribution in [0.1, 0.15) is 0 Å². The average molecular weight is 371 g/mol. The molecule has 0 aromatic heterocycles. The largest absolute Gasteiger partial charge is 0.442 e. The number of nitrogens with one attached hydrogen (secondary N) is 2. The Morgan fingerprint density at radius 1 is 1.46 bits per heavy atom. The second kappa shape index (κ2) is 7.50. The molecule has 8 nitrogen and oxygen atoms in total. The molecule has 0 saturated carbocycles. The molecule has 1 atom stereocenters. The van der Waals surface area contributed by atoms with Crippen molar-refractivity contribution in [1.82, 2.24) is 10.7 Å². The molecule has 1 fully saturated rings. The van der Waals surface area contributed by atoms with Crippen LogP contribution in [-0.2, 0) is 9.53 Å². The van der Waals surface area contributed by atoms with Gasteiger partial charge >= 0.3 is 12.5 Å². The van der Waals surface area contributed by atoms with E-state index in [-0.39, 0.29) is 18.8 Å². The zero-order valence-corrected chi connectivity index (χ0v) is 13.5. The summed E-state index contributed by atoms with van der Waals surface area (Å²) in [6.45, 7) is 0.874. The molecule has 2 aliphatic rings. The Kier molecular flexibility index (Phi) is 5.14. The van der Waals surface area contributed by atoms with E-state index in [9.17, 15) is 22.8 Å². The van der Waals surface area contributed by atoms with Crippen molar-refractivity contribution in [3.8, 4) is 0 Å². The first kappa shape index (κ1) is 17.8. The fraction of sp³-hybridized carbons (Fsp3) is 0.400. The third kappa shape index (κ3) is 3.81. The third-order valence-electron chi connectivity index (χ3n) is 3.88. The molecule has 0 bridgehead atoms. The lowest BCUT2D eigenvalue weighted by Crippen LogP contribution is -2.37. The van der Waals surface area contributed by atoms with E-state index in [0.717, 1.165) is 0 Å². The maximum absolute atomic E-state index is 14.4. The highest BCUT2D eigenvalue weighted by Crippen LogP contribution is 2.27. The zero-order valence-electron chi connectivity index (χ0n) is 13.5. The van der Waals surface area contributed by atoms with E-state index in [2.05, 4.69) is 10.5 Å². The van der Waals surface area contributed by atoms with Crippen molar-refractivity contribution in [3.05, 3.63) is 24.0 Å². The van der Waals surface area contributed by atoms with E-state index >= 15 is 0 Å². The molecule has 11 heteroatoms. The van der Waals surface area contributed by atoms with Gasteiger partial charge in [-0.3, -0.25) is 9.69 Å². The Morgan fingerprint density at radius 3 is 2.92 bits per heavy atom. The first-order valence-electron chi connectivity index (χ1n) is 7.82. The molecule has 1 unspecified atom stereocenters. The normalized spacial score (nSPS) is 19.5. The van der Waals surface area contributed by atoms with Crippen molar-refractivity contribution in [2.45, 2.75) is 12.5 Å². The maximum atomic E-state index is 14.4. The second-order valence-corrected chi connectivity index (χ2v) is 5.64. The summed E-state index contributed by atoms with van der Waals surface area (Å²) in [6, 6.07) is 4.25. The number of rotatable bonds is 5. The van der Waals surface area contributed by atoms with Crippen LogP contribution in [0.15, 0.2) is 23.3 Å². The summed E-state index contributed by atoms with van der Waals surface area (Å²) in [7, 11) is 0. The van der Waals surface area contributed by atoms with Gasteiger partial charge in [-0.25, -0.2) is 9.18 Å². The minimum atomic E-state index is -3.14. The second-order valence-electron chi connectivity index (χ2n) is 5.64. The fourth-order valence-corrected chi connectivity index (χ4v) is 2.61. The molecule has 0 aliphatic carbocycles. The molecule has 26 heavy (non-hydrogen) atoms. The molecule has 3 rings (SSSR count). The average Bonchev–Trinajstić information content (AvgIpc) is 3.01. The Labute approximate surface area is 146 Å². The van der Waals surface area contributed by atoms with Gasteiger partial charge in [-0.05, 0) is 18.2 Å². The number of hydrazone groups is 1. The van der Waals surface area contributed by atoms with Gasteiger partial charge in [0.15, 0.2) is 0 Å². The Bertz CT molecular complexity index is 730. The topological polar surface area (TPSA) is 86.3 Å². The van der Waals surface area contributed by atoms with E-state index in [4.69, 9.17) is 4.74 Å². The van der Waals surface area contributed by atoms with Gasteiger partial charge < -0.3 is 20.4 Å². The molecule has 1 aromatic carbocycles. The Morgan fingerprint density at radius 2 is 2.27 bits per heavy atom. The van der Waals surface area contributed by atoms with Crippen molar-refractivity contribution >= 4 is 29.7 Å². The molecular formula is C15H16F3N5O3. The molecule has 0 radical (unpaired) electrons. The number of nitrogens with zero attached hydrogens (tertiary/aromatic N) is 3. The number of hydrogen-bond acceptors (Lipinski definition) is 6. The van der Waals surface area contributed by atoms with E-state index in [1.54, 1.807) is 11.0 Å². The number of carbonyl (C=O) groups is 2. The van der Waals surface area contributed by atoms with Crippen molar-refractivity contribution < 1.29 is 27.5 Å². The van der Waals surface area contributed by atoms with Crippen LogP contribution in [0.25, 0.3) is 0 Å². The summed E-state index contributed by atoms with van der Waals surface area (Å²) < 4.78 is 43.8. The lowest BCUT2D eigenvalue weighted by atomic mass is 10.2. The number of cyclic esters (lactones) is 1. The van der Waals surface area contributed by atoms with Crippen molar-refractivity contribution in [2.24, 2.45) is 5.10 Å². The highest BCUT2D eigenvalue weighted by atomic mass is 19.3. The molecule has 2 heterocycles. The van der Waals surface area contributed by atoms with Crippen LogP contribution in [0.3, 0.4) is 0 Å². The quantitative estimate of drug-likeness (QED) is 0.803. The number of amides is 2. The molecule has 1 aromatic rings. The van der Waals surface area contributed by atoms with Gasteiger partial charge in [0.1, 0.15) is 18.3 Å². The van der Waals surface area contributed by atoms with Crippen molar-refractivity contribution in [3.63, 3.8) is 0 Å². The fourth-order valence-electron chi connectivity index (χ4n) is 2.61. The van der Waals surface area contributed by atoms with Gasteiger partial charge in [-0.15, -0.1) is 0 Å². The van der Waals surface area contributed by atoms with Gasteiger partial charge in [-0.1, -0.05) is 0 Å². The molecule has 2 N–H and O–H groups in total. The third-order valence-corrected chi connectivity index (χ3v) is 3.88. The lowest BCUT2D eigenvalue weighted by Gasteiger charge is -2.24. The van der Waals surface area contributed by atoms with Gasteiger partial charge in [-0.2, -0.15) is 13.9 Å². The van der Waals surface area contributed by atoms with E-state index < -0.39 is 30.3 Å². The first-order valence-corrected chi connectivity index (χ1v) is 7.82. The summed E-state index contributed by atoms with van der Waals surface area (Å²) in [5, 5.41) is 5.84. The maximum Gasteiger partial charge on any atom is 0.414 e. The van der Waals surface area contributed by atoms with Gasteiger partial charge in [0.25, 0.3) is 5.91 Å². The van der Waals surface area contributed by atoms with Gasteiger partial charge in [0.05, 0.1) is 31.0 Å². The number of alkyl halides is 2. The lowest BCUT2D eigenvalue weighted by molar-refractivity contribution is -0.132. The van der Waals surface area contributed by atoms with E-state index in [0.29, 0.717) is 18.8 Å². The van der Waals surface area contributed by atoms with Crippen LogP contribution in [0.4, 0.5) is 29.3 Å². The van der Waals surface area contributed by atoms with E-state index in [1.165, 1.54) is 23.4 Å². The summed E-state index contributed by atoms with van der Waals surface area (Å²) in [4.78, 5) is 25.6. The van der Waals surface area contributed by atoms with Gasteiger partial charge in [0.2, 0.25) is 0 Å². The summed E-state index contributed by atoms with van der Waals surface area (Å²) in [5.41, 5.74) is 3.34. The molecule has 1 saturated heterocycles. The van der Waals surface area contributed by atoms with Crippen LogP contribution >= 0.6 is 0 Å². The zero-order chi connectivity index (χ0) is 18.7. The smallest absolute Gasteiger partial charge is 0.414 e. The Hall–Kier alpha value is -2.98. The summed E-state index contributed by atoms with van der Waals surface area (Å²) in [6.07, 6.45) is -3.21. The van der Waals surface area contributed by atoms with Crippen LogP contribution in [0, 0.1) is 5.82 Å². The van der Waals surface area contributed by atoms with Crippen molar-refractivity contribution in [1.29, 1.82) is 0 Å². The monoisotopic (exact) mass is 371 g/mol. The minimum absolute atomic E-state index is 0.0101. The van der Waals surface area contributed by atoms with Crippen LogP contribution in [0.2, 0.25) is 0 Å². The number of anilines is 2. The van der Waals surface area contributed by atoms with Gasteiger partial charge in [0, 0.05) is 6.54 Å². The standard InChI is InChI=1S/C15H16F3N5O3/c16-11-5-9(1-2-12(11)22-4-3-20-21-8-22)23-7-10(26-15(23)25)6-19-14(24)13(17)18/h1-2,5,8,10,13,20H,3-4,6-7H2,(H,19,24). The van der Waals surface area contributed by atoms with Crippen molar-refractivity contribution in [2.75, 3.05) is 36.0 Å². The SMILES string of the molecule is O=C(NCC1CN(c2ccc(N3C=NNCC3)c(F)c2)C(=O)O1)C(F)F. The van der Waals surface area contributed by atoms with E-state index in [1.807, 2.05) is 5.32 Å². The predicted octanol–water partition coefficient (Wildman–Crippen LogP) is 0.885. The van der Waals surface area contributed by atoms with Crippen LogP contribution in [-0.4, -0.2) is 57.0 Å². The first-order chi connectivity index (χ1) is 12.5.